The topological polar surface area (TPSA) is 58.9 Å². The van der Waals surface area contributed by atoms with Gasteiger partial charge in [-0.3, -0.25) is 0 Å². The van der Waals surface area contributed by atoms with Crippen molar-refractivity contribution in [2.24, 2.45) is 0 Å². The van der Waals surface area contributed by atoms with Gasteiger partial charge < -0.3 is 19.7 Å². The summed E-state index contributed by atoms with van der Waals surface area (Å²) >= 11 is 5.86. The van der Waals surface area contributed by atoms with Crippen LogP contribution in [0, 0.1) is 0 Å². The van der Waals surface area contributed by atoms with Crippen LogP contribution in [-0.4, -0.2) is 46.7 Å². The number of halogens is 2. The van der Waals surface area contributed by atoms with E-state index in [1.54, 1.807) is 0 Å². The lowest BCUT2D eigenvalue weighted by Gasteiger charge is -2.12. The maximum absolute atomic E-state index is 9.05. The minimum absolute atomic E-state index is 0.0147. The highest BCUT2D eigenvalue weighted by Gasteiger charge is 2.16. The highest BCUT2D eigenvalue weighted by molar-refractivity contribution is 9.25. The quantitative estimate of drug-likeness (QED) is 0.529. The number of aliphatic hydroxyl groups excluding tert-OH is 1. The van der Waals surface area contributed by atoms with Crippen molar-refractivity contribution in [2.45, 2.75) is 3.42 Å². The average Bonchev–Trinajstić information content (AvgIpc) is 1.94. The number of rotatable bonds is 7. The molecule has 0 amide bonds. The predicted octanol–water partition coefficient (Wildman–Crippen LogP) is 0.448. The molecule has 0 spiro atoms. The molecule has 0 bridgehead atoms. The predicted molar refractivity (Wildman–Crippen MR) is 51.5 cm³/mol. The number of aliphatic hydroxyl groups is 2. The summed E-state index contributed by atoms with van der Waals surface area (Å²) in [6, 6.07) is 0. The van der Waals surface area contributed by atoms with E-state index >= 15 is 0 Å². The molecule has 0 fully saturated rings. The van der Waals surface area contributed by atoms with Gasteiger partial charge in [0.1, 0.15) is 0 Å². The van der Waals surface area contributed by atoms with Gasteiger partial charge in [0.25, 0.3) is 0 Å². The van der Waals surface area contributed by atoms with Gasteiger partial charge in [0.15, 0.2) is 3.42 Å². The maximum Gasteiger partial charge on any atom is 0.198 e. The molecule has 0 unspecified atom stereocenters. The van der Waals surface area contributed by atoms with Gasteiger partial charge in [0.2, 0.25) is 0 Å². The first-order valence-electron chi connectivity index (χ1n) is 3.43. The van der Waals surface area contributed by atoms with Crippen LogP contribution in [0.2, 0.25) is 0 Å². The normalized spacial score (nSPS) is 12.0. The number of alkyl halides is 2. The lowest BCUT2D eigenvalue weighted by Crippen LogP contribution is -2.20. The highest BCUT2D eigenvalue weighted by atomic mass is 79.9. The molecule has 0 heterocycles. The molecule has 0 aliphatic heterocycles. The third-order valence-electron chi connectivity index (χ3n) is 0.883. The zero-order valence-corrected chi connectivity index (χ0v) is 9.67. The largest absolute Gasteiger partial charge is 0.394 e. The zero-order valence-electron chi connectivity index (χ0n) is 6.50. The molecule has 4 nitrogen and oxygen atoms in total. The Morgan fingerprint density at radius 1 is 1.08 bits per heavy atom. The van der Waals surface area contributed by atoms with Gasteiger partial charge in [-0.25, -0.2) is 0 Å². The molecule has 0 saturated heterocycles. The summed E-state index contributed by atoms with van der Waals surface area (Å²) in [4.78, 5) is 0. The smallest absolute Gasteiger partial charge is 0.198 e. The van der Waals surface area contributed by atoms with E-state index in [1.165, 1.54) is 0 Å². The SMILES string of the molecule is OCCOCCOCC(O)(Br)Br. The van der Waals surface area contributed by atoms with Crippen LogP contribution in [-0.2, 0) is 9.47 Å². The standard InChI is InChI=1S/C6H12Br2O4/c7-6(8,10)5-12-4-3-11-2-1-9/h9-10H,1-5H2. The van der Waals surface area contributed by atoms with E-state index in [0.717, 1.165) is 0 Å². The van der Waals surface area contributed by atoms with Crippen LogP contribution in [0.15, 0.2) is 0 Å². The first-order chi connectivity index (χ1) is 5.56. The molecule has 0 aromatic heterocycles. The second-order valence-electron chi connectivity index (χ2n) is 2.05. The van der Waals surface area contributed by atoms with Crippen LogP contribution in [0.1, 0.15) is 0 Å². The Balaban J connectivity index is 3.01. The highest BCUT2D eigenvalue weighted by Crippen LogP contribution is 2.21. The molecule has 0 aromatic rings. The summed E-state index contributed by atoms with van der Waals surface area (Å²) in [5.74, 6) is 0. The van der Waals surface area contributed by atoms with Crippen molar-refractivity contribution in [1.29, 1.82) is 0 Å². The van der Waals surface area contributed by atoms with Crippen molar-refractivity contribution < 1.29 is 19.7 Å². The van der Waals surface area contributed by atoms with E-state index < -0.39 is 3.42 Å². The molecule has 0 aromatic carbocycles. The molecule has 0 saturated carbocycles. The van der Waals surface area contributed by atoms with E-state index in [2.05, 4.69) is 31.9 Å². The van der Waals surface area contributed by atoms with Gasteiger partial charge in [-0.15, -0.1) is 0 Å². The number of hydrogen-bond acceptors (Lipinski definition) is 4. The molecule has 0 aliphatic carbocycles. The third kappa shape index (κ3) is 10.8. The lowest BCUT2D eigenvalue weighted by atomic mass is 10.7. The van der Waals surface area contributed by atoms with Gasteiger partial charge in [0, 0.05) is 0 Å². The van der Waals surface area contributed by atoms with Gasteiger partial charge in [0.05, 0.1) is 33.0 Å². The Hall–Kier alpha value is 0.800. The number of ether oxygens (including phenoxy) is 2. The van der Waals surface area contributed by atoms with E-state index in [9.17, 15) is 0 Å². The molecule has 0 atom stereocenters. The second kappa shape index (κ2) is 7.23. The minimum Gasteiger partial charge on any atom is -0.394 e. The summed E-state index contributed by atoms with van der Waals surface area (Å²) in [6.07, 6.45) is 0. The van der Waals surface area contributed by atoms with Gasteiger partial charge in [-0.1, -0.05) is 0 Å². The Bertz CT molecular complexity index is 104. The molecule has 12 heavy (non-hydrogen) atoms. The van der Waals surface area contributed by atoms with Crippen molar-refractivity contribution in [2.75, 3.05) is 33.0 Å². The molecular weight excluding hydrogens is 296 g/mol. The fraction of sp³-hybridized carbons (Fsp3) is 1.00. The molecule has 0 aliphatic rings. The number of hydrogen-bond donors (Lipinski definition) is 2. The van der Waals surface area contributed by atoms with Crippen molar-refractivity contribution >= 4 is 31.9 Å². The van der Waals surface area contributed by atoms with Crippen molar-refractivity contribution in [1.82, 2.24) is 0 Å². The van der Waals surface area contributed by atoms with Crippen LogP contribution in [0.5, 0.6) is 0 Å². The fourth-order valence-electron chi connectivity index (χ4n) is 0.479. The lowest BCUT2D eigenvalue weighted by molar-refractivity contribution is 0.0130. The Kier molecular flexibility index (Phi) is 7.71. The summed E-state index contributed by atoms with van der Waals surface area (Å²) in [5, 5.41) is 17.4. The fourth-order valence-corrected chi connectivity index (χ4v) is 0.803. The molecule has 74 valence electrons. The van der Waals surface area contributed by atoms with Crippen LogP contribution in [0.25, 0.3) is 0 Å². The van der Waals surface area contributed by atoms with Crippen LogP contribution >= 0.6 is 31.9 Å². The van der Waals surface area contributed by atoms with Crippen LogP contribution in [0.4, 0.5) is 0 Å². The van der Waals surface area contributed by atoms with Gasteiger partial charge >= 0.3 is 0 Å². The summed E-state index contributed by atoms with van der Waals surface area (Å²) in [6.45, 7) is 1.27. The first-order valence-corrected chi connectivity index (χ1v) is 5.01. The minimum atomic E-state index is -1.16. The Morgan fingerprint density at radius 2 is 1.67 bits per heavy atom. The monoisotopic (exact) mass is 306 g/mol. The first kappa shape index (κ1) is 12.8. The van der Waals surface area contributed by atoms with Crippen LogP contribution < -0.4 is 0 Å². The molecule has 0 rings (SSSR count). The average molecular weight is 308 g/mol. The van der Waals surface area contributed by atoms with E-state index in [1.807, 2.05) is 0 Å². The van der Waals surface area contributed by atoms with E-state index in [0.29, 0.717) is 19.8 Å². The third-order valence-corrected chi connectivity index (χ3v) is 1.34. The zero-order chi connectivity index (χ0) is 9.45. The van der Waals surface area contributed by atoms with Crippen molar-refractivity contribution in [3.63, 3.8) is 0 Å². The molecular formula is C6H12Br2O4. The summed E-state index contributed by atoms with van der Waals surface area (Å²) in [5.41, 5.74) is 0. The Morgan fingerprint density at radius 3 is 2.17 bits per heavy atom. The van der Waals surface area contributed by atoms with Crippen LogP contribution in [0.3, 0.4) is 0 Å². The molecule has 2 N–H and O–H groups in total. The summed E-state index contributed by atoms with van der Waals surface area (Å²) < 4.78 is 8.75. The van der Waals surface area contributed by atoms with Gasteiger partial charge in [-0.05, 0) is 31.9 Å². The van der Waals surface area contributed by atoms with Crippen molar-refractivity contribution in [3.05, 3.63) is 0 Å². The van der Waals surface area contributed by atoms with Gasteiger partial charge in [-0.2, -0.15) is 0 Å². The summed E-state index contributed by atoms with van der Waals surface area (Å²) in [7, 11) is 0. The van der Waals surface area contributed by atoms with E-state index in [4.69, 9.17) is 19.7 Å². The van der Waals surface area contributed by atoms with E-state index in [-0.39, 0.29) is 13.2 Å². The maximum atomic E-state index is 9.05. The van der Waals surface area contributed by atoms with Crippen molar-refractivity contribution in [3.8, 4) is 0 Å². The Labute approximate surface area is 88.1 Å². The second-order valence-corrected chi connectivity index (χ2v) is 5.74. The molecule has 0 radical (unpaired) electrons. The molecule has 6 heteroatoms.